The van der Waals surface area contributed by atoms with E-state index in [2.05, 4.69) is 15.6 Å². The molecule has 2 aromatic rings. The Morgan fingerprint density at radius 1 is 1.23 bits per heavy atom. The number of sulfonamides is 1. The number of aliphatic hydroxyl groups is 1. The van der Waals surface area contributed by atoms with Crippen LogP contribution in [-0.4, -0.2) is 62.0 Å². The van der Waals surface area contributed by atoms with E-state index in [9.17, 15) is 18.3 Å². The Morgan fingerprint density at radius 2 is 1.91 bits per heavy atom. The van der Waals surface area contributed by atoms with Crippen molar-refractivity contribution < 1.29 is 23.1 Å². The van der Waals surface area contributed by atoms with Gasteiger partial charge in [-0.1, -0.05) is 25.1 Å². The van der Waals surface area contributed by atoms with Gasteiger partial charge in [-0.15, -0.1) is 0 Å². The van der Waals surface area contributed by atoms with E-state index in [1.54, 1.807) is 32.0 Å². The summed E-state index contributed by atoms with van der Waals surface area (Å²) in [5.74, 6) is 1.33. The highest BCUT2D eigenvalue weighted by molar-refractivity contribution is 7.93. The second-order valence-corrected chi connectivity index (χ2v) is 11.7. The molecule has 9 nitrogen and oxygen atoms in total. The molecule has 2 atom stereocenters. The number of carbonyl (C=O) groups excluding carboxylic acids is 1. The van der Waals surface area contributed by atoms with E-state index in [4.69, 9.17) is 4.74 Å². The van der Waals surface area contributed by atoms with Crippen LogP contribution in [0.2, 0.25) is 0 Å². The largest absolute Gasteiger partial charge is 0.491 e. The number of amides is 1. The van der Waals surface area contributed by atoms with Crippen LogP contribution in [0.1, 0.15) is 50.4 Å². The molecular weight excluding hydrogens is 468 g/mol. The van der Waals surface area contributed by atoms with E-state index in [-0.39, 0.29) is 18.0 Å². The Balaban J connectivity index is 1.83. The molecule has 1 aromatic heterocycles. The van der Waals surface area contributed by atoms with E-state index < -0.39 is 33.3 Å². The number of nitrogens with zero attached hydrogens (tertiary/aromatic N) is 2. The number of aromatic nitrogens is 1. The molecule has 0 saturated heterocycles. The molecule has 0 unspecified atom stereocenters. The van der Waals surface area contributed by atoms with E-state index in [0.29, 0.717) is 30.5 Å². The van der Waals surface area contributed by atoms with Crippen molar-refractivity contribution in [2.45, 2.75) is 57.4 Å². The molecule has 3 rings (SSSR count). The number of nitrogens with one attached hydrogen (secondary N) is 2. The quantitative estimate of drug-likeness (QED) is 0.383. The number of ether oxygens (including phenoxy) is 1. The van der Waals surface area contributed by atoms with Gasteiger partial charge in [-0.05, 0) is 63.3 Å². The van der Waals surface area contributed by atoms with Crippen molar-refractivity contribution in [3.8, 4) is 5.75 Å². The fourth-order valence-electron chi connectivity index (χ4n) is 3.40. The summed E-state index contributed by atoms with van der Waals surface area (Å²) in [5, 5.41) is 15.9. The van der Waals surface area contributed by atoms with Gasteiger partial charge in [0.2, 0.25) is 10.0 Å². The highest BCUT2D eigenvalue weighted by Gasteiger charge is 2.27. The molecule has 0 bridgehead atoms. The lowest BCUT2D eigenvalue weighted by Gasteiger charge is -2.25. The van der Waals surface area contributed by atoms with Gasteiger partial charge in [-0.25, -0.2) is 13.4 Å². The van der Waals surface area contributed by atoms with E-state index >= 15 is 0 Å². The van der Waals surface area contributed by atoms with Crippen molar-refractivity contribution in [2.75, 3.05) is 29.8 Å². The number of hydrogen-bond donors (Lipinski definition) is 3. The SMILES string of the molecule is CC[C@@H](O)[C@H](COc1ccccc1)NC(=O)c1cc(NCC2CC2)nc(N(C)S(=O)(=O)C(C)C)c1. The van der Waals surface area contributed by atoms with Crippen LogP contribution in [0.4, 0.5) is 11.6 Å². The highest BCUT2D eigenvalue weighted by atomic mass is 32.2. The van der Waals surface area contributed by atoms with Crippen LogP contribution in [0.25, 0.3) is 0 Å². The van der Waals surface area contributed by atoms with Gasteiger partial charge in [-0.2, -0.15) is 0 Å². The van der Waals surface area contributed by atoms with Gasteiger partial charge < -0.3 is 20.5 Å². The monoisotopic (exact) mass is 504 g/mol. The van der Waals surface area contributed by atoms with Gasteiger partial charge in [0.05, 0.1) is 17.4 Å². The summed E-state index contributed by atoms with van der Waals surface area (Å²) in [6.45, 7) is 5.80. The molecule has 1 fully saturated rings. The highest BCUT2D eigenvalue weighted by Crippen LogP contribution is 2.29. The second-order valence-electron chi connectivity index (χ2n) is 9.16. The fraction of sp³-hybridized carbons (Fsp3) is 0.520. The van der Waals surface area contributed by atoms with Gasteiger partial charge >= 0.3 is 0 Å². The van der Waals surface area contributed by atoms with Crippen LogP contribution < -0.4 is 19.7 Å². The number of hydrogen-bond acceptors (Lipinski definition) is 7. The first kappa shape index (κ1) is 26.7. The van der Waals surface area contributed by atoms with Crippen LogP contribution in [-0.2, 0) is 10.0 Å². The molecule has 0 spiro atoms. The first-order chi connectivity index (χ1) is 16.6. The first-order valence-electron chi connectivity index (χ1n) is 12.0. The molecule has 192 valence electrons. The summed E-state index contributed by atoms with van der Waals surface area (Å²) in [7, 11) is -2.20. The number of carbonyl (C=O) groups is 1. The van der Waals surface area contributed by atoms with Gasteiger partial charge in [-0.3, -0.25) is 9.10 Å². The summed E-state index contributed by atoms with van der Waals surface area (Å²) in [5.41, 5.74) is 0.243. The summed E-state index contributed by atoms with van der Waals surface area (Å²) in [6.07, 6.45) is 1.88. The predicted molar refractivity (Wildman–Crippen MR) is 137 cm³/mol. The minimum atomic E-state index is -3.64. The lowest BCUT2D eigenvalue weighted by molar-refractivity contribution is 0.0724. The molecule has 0 aliphatic heterocycles. The fourth-order valence-corrected chi connectivity index (χ4v) is 4.39. The molecule has 10 heteroatoms. The second kappa shape index (κ2) is 11.7. The Kier molecular flexibility index (Phi) is 8.96. The Bertz CT molecular complexity index is 1090. The zero-order valence-electron chi connectivity index (χ0n) is 20.8. The molecule has 1 aliphatic rings. The average molecular weight is 505 g/mol. The zero-order valence-corrected chi connectivity index (χ0v) is 21.6. The summed E-state index contributed by atoms with van der Waals surface area (Å²) in [6, 6.07) is 11.5. The summed E-state index contributed by atoms with van der Waals surface area (Å²) in [4.78, 5) is 17.7. The third kappa shape index (κ3) is 7.32. The van der Waals surface area contributed by atoms with Gasteiger partial charge in [0.1, 0.15) is 24.0 Å². The third-order valence-corrected chi connectivity index (χ3v) is 8.16. The number of anilines is 2. The summed E-state index contributed by atoms with van der Waals surface area (Å²) < 4.78 is 32.4. The van der Waals surface area contributed by atoms with Gasteiger partial charge in [0, 0.05) is 19.2 Å². The minimum absolute atomic E-state index is 0.0805. The topological polar surface area (TPSA) is 121 Å². The molecule has 1 saturated carbocycles. The smallest absolute Gasteiger partial charge is 0.251 e. The minimum Gasteiger partial charge on any atom is -0.491 e. The zero-order chi connectivity index (χ0) is 25.6. The maximum absolute atomic E-state index is 13.2. The number of benzene rings is 1. The molecule has 1 amide bonds. The summed E-state index contributed by atoms with van der Waals surface area (Å²) >= 11 is 0. The van der Waals surface area contributed by atoms with Crippen LogP contribution in [0.15, 0.2) is 42.5 Å². The molecule has 0 radical (unpaired) electrons. The molecule has 1 aliphatic carbocycles. The van der Waals surface area contributed by atoms with Gasteiger partial charge in [0.25, 0.3) is 5.91 Å². The average Bonchev–Trinajstić information content (AvgIpc) is 3.69. The van der Waals surface area contributed by atoms with E-state index in [0.717, 1.165) is 17.1 Å². The van der Waals surface area contributed by atoms with Crippen LogP contribution in [0.3, 0.4) is 0 Å². The van der Waals surface area contributed by atoms with Crippen LogP contribution in [0.5, 0.6) is 5.75 Å². The van der Waals surface area contributed by atoms with Crippen molar-refractivity contribution in [3.05, 3.63) is 48.0 Å². The maximum atomic E-state index is 13.2. The number of pyridine rings is 1. The maximum Gasteiger partial charge on any atom is 0.251 e. The normalized spacial score (nSPS) is 15.4. The first-order valence-corrected chi connectivity index (χ1v) is 13.5. The van der Waals surface area contributed by atoms with Crippen molar-refractivity contribution in [1.82, 2.24) is 10.3 Å². The van der Waals surface area contributed by atoms with Crippen molar-refractivity contribution in [3.63, 3.8) is 0 Å². The van der Waals surface area contributed by atoms with Crippen molar-refractivity contribution in [1.29, 1.82) is 0 Å². The number of para-hydroxylation sites is 1. The molecule has 35 heavy (non-hydrogen) atoms. The van der Waals surface area contributed by atoms with Crippen molar-refractivity contribution in [2.24, 2.45) is 5.92 Å². The Labute approximate surface area is 208 Å². The standard InChI is InChI=1S/C25H36N4O5S/c1-5-22(30)21(16-34-20-9-7-6-8-10-20)27-25(31)19-13-23(26-15-18-11-12-18)28-24(14-19)29(4)35(32,33)17(2)3/h6-10,13-14,17-18,21-22,30H,5,11-12,15-16H2,1-4H3,(H,26,28)(H,27,31)/t21-,22+/m0/s1. The Hall–Kier alpha value is -2.85. The number of aliphatic hydroxyl groups excluding tert-OH is 1. The van der Waals surface area contributed by atoms with Crippen LogP contribution >= 0.6 is 0 Å². The third-order valence-electron chi connectivity index (χ3n) is 6.01. The molecule has 1 aromatic carbocycles. The molecular formula is C25H36N4O5S. The van der Waals surface area contributed by atoms with Crippen LogP contribution in [0, 0.1) is 5.92 Å². The van der Waals surface area contributed by atoms with E-state index in [1.165, 1.54) is 13.1 Å². The van der Waals surface area contributed by atoms with E-state index in [1.807, 2.05) is 25.1 Å². The molecule has 1 heterocycles. The molecule has 3 N–H and O–H groups in total. The lowest BCUT2D eigenvalue weighted by atomic mass is 10.1. The lowest BCUT2D eigenvalue weighted by Crippen LogP contribution is -2.47. The number of rotatable bonds is 13. The Morgan fingerprint density at radius 3 is 2.51 bits per heavy atom. The van der Waals surface area contributed by atoms with Gasteiger partial charge in [0.15, 0.2) is 0 Å². The van der Waals surface area contributed by atoms with Crippen molar-refractivity contribution >= 4 is 27.6 Å². The predicted octanol–water partition coefficient (Wildman–Crippen LogP) is 3.03.